The van der Waals surface area contributed by atoms with Crippen LogP contribution in [-0.4, -0.2) is 35.1 Å². The van der Waals surface area contributed by atoms with Crippen molar-refractivity contribution in [2.24, 2.45) is 0 Å². The van der Waals surface area contributed by atoms with Gasteiger partial charge in [0.15, 0.2) is 0 Å². The molecular weight excluding hydrogens is 267 g/mol. The summed E-state index contributed by atoms with van der Waals surface area (Å²) in [4.78, 5) is 0. The normalized spacial score (nSPS) is 20.9. The molecular formula is C16H23BO4. The maximum absolute atomic E-state index is 10.1. The second-order valence-corrected chi connectivity index (χ2v) is 6.48. The summed E-state index contributed by atoms with van der Waals surface area (Å²) in [6.07, 6.45) is 1.73. The van der Waals surface area contributed by atoms with Crippen molar-refractivity contribution in [1.29, 1.82) is 0 Å². The Morgan fingerprint density at radius 2 is 1.76 bits per heavy atom. The van der Waals surface area contributed by atoms with Crippen LogP contribution in [0.5, 0.6) is 5.75 Å². The summed E-state index contributed by atoms with van der Waals surface area (Å²) < 4.78 is 11.9. The van der Waals surface area contributed by atoms with Crippen molar-refractivity contribution in [1.82, 2.24) is 0 Å². The molecule has 0 aliphatic carbocycles. The summed E-state index contributed by atoms with van der Waals surface area (Å²) in [6.45, 7) is 9.50. The molecule has 1 fully saturated rings. The molecule has 2 rings (SSSR count). The van der Waals surface area contributed by atoms with Crippen LogP contribution in [0.2, 0.25) is 0 Å². The van der Waals surface area contributed by atoms with Gasteiger partial charge in [0.2, 0.25) is 0 Å². The Hall–Kier alpha value is -1.30. The SMILES string of the molecule is Cc1cccc(C=C(CO)B2OC(C)(C)C(C)(C)O2)c1O. The summed E-state index contributed by atoms with van der Waals surface area (Å²) >= 11 is 0. The summed E-state index contributed by atoms with van der Waals surface area (Å²) in [7, 11) is -0.611. The van der Waals surface area contributed by atoms with Gasteiger partial charge in [-0.2, -0.15) is 0 Å². The molecule has 1 aliphatic heterocycles. The minimum Gasteiger partial charge on any atom is -0.507 e. The Labute approximate surface area is 126 Å². The third kappa shape index (κ3) is 3.00. The van der Waals surface area contributed by atoms with Gasteiger partial charge >= 0.3 is 7.12 Å². The van der Waals surface area contributed by atoms with Gasteiger partial charge in [-0.1, -0.05) is 24.3 Å². The maximum Gasteiger partial charge on any atom is 0.492 e. The molecule has 0 spiro atoms. The summed E-state index contributed by atoms with van der Waals surface area (Å²) in [5, 5.41) is 19.7. The van der Waals surface area contributed by atoms with Crippen molar-refractivity contribution in [2.45, 2.75) is 45.8 Å². The van der Waals surface area contributed by atoms with E-state index in [0.29, 0.717) is 11.0 Å². The molecule has 0 bridgehead atoms. The van der Waals surface area contributed by atoms with Gasteiger partial charge in [0, 0.05) is 5.56 Å². The second-order valence-electron chi connectivity index (χ2n) is 6.48. The first kappa shape index (κ1) is 16.1. The van der Waals surface area contributed by atoms with E-state index in [0.717, 1.165) is 5.56 Å². The predicted octanol–water partition coefficient (Wildman–Crippen LogP) is 2.71. The van der Waals surface area contributed by atoms with Crippen molar-refractivity contribution in [3.8, 4) is 5.75 Å². The van der Waals surface area contributed by atoms with Crippen LogP contribution >= 0.6 is 0 Å². The largest absolute Gasteiger partial charge is 0.507 e. The highest BCUT2D eigenvalue weighted by molar-refractivity contribution is 6.55. The van der Waals surface area contributed by atoms with Crippen molar-refractivity contribution in [2.75, 3.05) is 6.61 Å². The van der Waals surface area contributed by atoms with Crippen molar-refractivity contribution in [3.63, 3.8) is 0 Å². The van der Waals surface area contributed by atoms with Crippen LogP contribution in [0.1, 0.15) is 38.8 Å². The van der Waals surface area contributed by atoms with E-state index in [1.54, 1.807) is 12.1 Å². The lowest BCUT2D eigenvalue weighted by molar-refractivity contribution is 0.00578. The number of hydrogen-bond acceptors (Lipinski definition) is 4. The molecule has 0 atom stereocenters. The highest BCUT2D eigenvalue weighted by atomic mass is 16.7. The van der Waals surface area contributed by atoms with Crippen LogP contribution in [-0.2, 0) is 9.31 Å². The Balaban J connectivity index is 2.33. The standard InChI is InChI=1S/C16H23BO4/c1-11-7-6-8-12(14(11)19)9-13(10-18)17-20-15(2,3)16(4,5)21-17/h6-9,18-19H,10H2,1-5H3. The van der Waals surface area contributed by atoms with E-state index in [9.17, 15) is 10.2 Å². The van der Waals surface area contributed by atoms with Crippen LogP contribution < -0.4 is 0 Å². The molecule has 1 saturated heterocycles. The monoisotopic (exact) mass is 290 g/mol. The van der Waals surface area contributed by atoms with Crippen LogP contribution in [0.4, 0.5) is 0 Å². The van der Waals surface area contributed by atoms with Gasteiger partial charge in [-0.15, -0.1) is 0 Å². The number of aliphatic hydroxyl groups excluding tert-OH is 1. The van der Waals surface area contributed by atoms with Gasteiger partial charge in [-0.05, 0) is 45.7 Å². The maximum atomic E-state index is 10.1. The predicted molar refractivity (Wildman–Crippen MR) is 84.0 cm³/mol. The highest BCUT2D eigenvalue weighted by Crippen LogP contribution is 2.39. The average molecular weight is 290 g/mol. The molecule has 1 heterocycles. The number of hydrogen-bond donors (Lipinski definition) is 2. The second kappa shape index (κ2) is 5.48. The first-order chi connectivity index (χ1) is 9.68. The molecule has 0 amide bonds. The number of para-hydroxylation sites is 1. The molecule has 21 heavy (non-hydrogen) atoms. The quantitative estimate of drug-likeness (QED) is 0.840. The third-order valence-electron chi connectivity index (χ3n) is 4.35. The molecule has 2 N–H and O–H groups in total. The summed E-state index contributed by atoms with van der Waals surface area (Å²) in [6, 6.07) is 5.49. The first-order valence-electron chi connectivity index (χ1n) is 7.13. The van der Waals surface area contributed by atoms with E-state index in [4.69, 9.17) is 9.31 Å². The molecule has 0 unspecified atom stereocenters. The first-order valence-corrected chi connectivity index (χ1v) is 7.13. The molecule has 1 aromatic carbocycles. The molecule has 1 aliphatic rings. The molecule has 0 saturated carbocycles. The summed E-state index contributed by atoms with van der Waals surface area (Å²) in [5.74, 6) is 0.208. The van der Waals surface area contributed by atoms with Crippen molar-refractivity contribution in [3.05, 3.63) is 34.8 Å². The third-order valence-corrected chi connectivity index (χ3v) is 4.35. The number of aliphatic hydroxyl groups is 1. The molecule has 5 heteroatoms. The van der Waals surface area contributed by atoms with Crippen LogP contribution in [0, 0.1) is 6.92 Å². The van der Waals surface area contributed by atoms with Crippen LogP contribution in [0.3, 0.4) is 0 Å². The van der Waals surface area contributed by atoms with E-state index in [2.05, 4.69) is 0 Å². The molecule has 1 aromatic rings. The number of phenolic OH excluding ortho intramolecular Hbond substituents is 1. The number of aryl methyl sites for hydroxylation is 1. The Morgan fingerprint density at radius 1 is 1.19 bits per heavy atom. The van der Waals surface area contributed by atoms with E-state index < -0.39 is 18.3 Å². The summed E-state index contributed by atoms with van der Waals surface area (Å²) in [5.41, 5.74) is 1.11. The van der Waals surface area contributed by atoms with Gasteiger partial charge in [0.1, 0.15) is 5.75 Å². The molecule has 0 radical (unpaired) electrons. The fourth-order valence-electron chi connectivity index (χ4n) is 2.18. The number of rotatable bonds is 3. The number of phenols is 1. The minimum atomic E-state index is -0.611. The van der Waals surface area contributed by atoms with Gasteiger partial charge in [0.25, 0.3) is 0 Å². The number of benzene rings is 1. The van der Waals surface area contributed by atoms with E-state index in [1.165, 1.54) is 0 Å². The lowest BCUT2D eigenvalue weighted by atomic mass is 9.77. The average Bonchev–Trinajstić information content (AvgIpc) is 2.60. The van der Waals surface area contributed by atoms with E-state index >= 15 is 0 Å². The Kier molecular flexibility index (Phi) is 4.20. The highest BCUT2D eigenvalue weighted by Gasteiger charge is 2.52. The molecule has 4 nitrogen and oxygen atoms in total. The van der Waals surface area contributed by atoms with Gasteiger partial charge in [-0.3, -0.25) is 0 Å². The lowest BCUT2D eigenvalue weighted by Gasteiger charge is -2.32. The van der Waals surface area contributed by atoms with Gasteiger partial charge in [-0.25, -0.2) is 0 Å². The minimum absolute atomic E-state index is 0.190. The Bertz CT molecular complexity index is 547. The van der Waals surface area contributed by atoms with Crippen molar-refractivity contribution >= 4 is 13.2 Å². The van der Waals surface area contributed by atoms with E-state index in [-0.39, 0.29) is 12.4 Å². The molecule has 0 aromatic heterocycles. The zero-order chi connectivity index (χ0) is 15.8. The van der Waals surface area contributed by atoms with Crippen molar-refractivity contribution < 1.29 is 19.5 Å². The topological polar surface area (TPSA) is 58.9 Å². The number of aromatic hydroxyl groups is 1. The van der Waals surface area contributed by atoms with Crippen LogP contribution in [0.25, 0.3) is 6.08 Å². The zero-order valence-corrected chi connectivity index (χ0v) is 13.3. The van der Waals surface area contributed by atoms with E-state index in [1.807, 2.05) is 46.8 Å². The van der Waals surface area contributed by atoms with Crippen LogP contribution in [0.15, 0.2) is 23.7 Å². The van der Waals surface area contributed by atoms with Gasteiger partial charge < -0.3 is 19.5 Å². The molecule has 114 valence electrons. The smallest absolute Gasteiger partial charge is 0.492 e. The Morgan fingerprint density at radius 3 is 2.29 bits per heavy atom. The fraction of sp³-hybridized carbons (Fsp3) is 0.500. The zero-order valence-electron chi connectivity index (χ0n) is 13.3. The van der Waals surface area contributed by atoms with Gasteiger partial charge in [0.05, 0.1) is 17.8 Å². The lowest BCUT2D eigenvalue weighted by Crippen LogP contribution is -2.41. The fourth-order valence-corrected chi connectivity index (χ4v) is 2.18.